The summed E-state index contributed by atoms with van der Waals surface area (Å²) in [6.07, 6.45) is 5.27. The highest BCUT2D eigenvalue weighted by molar-refractivity contribution is 6.37. The molecular formula is C20H20Cl2N6O3. The van der Waals surface area contributed by atoms with Crippen molar-refractivity contribution in [2.24, 2.45) is 10.8 Å². The topological polar surface area (TPSA) is 126 Å². The number of halogens is 2. The van der Waals surface area contributed by atoms with E-state index in [2.05, 4.69) is 27.2 Å². The molecule has 0 bridgehead atoms. The molecule has 0 spiro atoms. The van der Waals surface area contributed by atoms with E-state index < -0.39 is 6.03 Å². The summed E-state index contributed by atoms with van der Waals surface area (Å²) in [6, 6.07) is 3.99. The number of rotatable bonds is 4. The molecule has 1 saturated carbocycles. The number of hydrazone groups is 1. The summed E-state index contributed by atoms with van der Waals surface area (Å²) in [5.41, 5.74) is 6.64. The van der Waals surface area contributed by atoms with Gasteiger partial charge in [0.05, 0.1) is 21.4 Å². The maximum Gasteiger partial charge on any atom is 0.347 e. The fourth-order valence-corrected chi connectivity index (χ4v) is 4.23. The monoisotopic (exact) mass is 462 g/mol. The molecule has 162 valence electrons. The van der Waals surface area contributed by atoms with Crippen LogP contribution in [0.15, 0.2) is 40.4 Å². The summed E-state index contributed by atoms with van der Waals surface area (Å²) >= 11 is 12.7. The van der Waals surface area contributed by atoms with Crippen molar-refractivity contribution in [1.29, 1.82) is 0 Å². The van der Waals surface area contributed by atoms with Crippen molar-refractivity contribution in [3.8, 4) is 11.6 Å². The lowest BCUT2D eigenvalue weighted by atomic mass is 9.85. The number of amidine groups is 1. The van der Waals surface area contributed by atoms with Crippen LogP contribution in [0, 0.1) is 0 Å². The van der Waals surface area contributed by atoms with Crippen LogP contribution in [-0.2, 0) is 0 Å². The van der Waals surface area contributed by atoms with Crippen LogP contribution in [0.4, 0.5) is 10.5 Å². The van der Waals surface area contributed by atoms with Gasteiger partial charge in [-0.15, -0.1) is 10.2 Å². The van der Waals surface area contributed by atoms with Gasteiger partial charge >= 0.3 is 6.03 Å². The molecule has 0 unspecified atom stereocenters. The highest BCUT2D eigenvalue weighted by atomic mass is 35.5. The Kier molecular flexibility index (Phi) is 5.88. The van der Waals surface area contributed by atoms with Crippen LogP contribution >= 0.6 is 23.2 Å². The molecule has 2 aliphatic rings. The van der Waals surface area contributed by atoms with Gasteiger partial charge in [0.2, 0.25) is 5.88 Å². The first-order valence-electron chi connectivity index (χ1n) is 9.74. The Bertz CT molecular complexity index is 1120. The number of aromatic amines is 1. The standard InChI is InChI=1S/C20H20Cl2N6O3/c1-10-18(23)27-28(20(30)24-10)12-7-14(21)17(15(22)8-12)31-16-9-13(19(29)26-25-16)11-5-3-2-4-6-11/h7-9,11H,1-6H2,(H2,23,27)(H,24,30)(H,26,29). The Morgan fingerprint density at radius 3 is 2.48 bits per heavy atom. The number of H-pyrrole nitrogens is 1. The summed E-state index contributed by atoms with van der Waals surface area (Å²) < 4.78 is 5.79. The minimum atomic E-state index is -0.556. The Hall–Kier alpha value is -3.04. The molecule has 4 rings (SSSR count). The van der Waals surface area contributed by atoms with Crippen molar-refractivity contribution in [1.82, 2.24) is 15.5 Å². The number of nitrogens with one attached hydrogen (secondary N) is 2. The Balaban J connectivity index is 1.62. The van der Waals surface area contributed by atoms with Crippen molar-refractivity contribution < 1.29 is 9.53 Å². The van der Waals surface area contributed by atoms with E-state index >= 15 is 0 Å². The maximum atomic E-state index is 12.3. The predicted molar refractivity (Wildman–Crippen MR) is 119 cm³/mol. The average Bonchev–Trinajstić information content (AvgIpc) is 2.75. The maximum absolute atomic E-state index is 12.3. The molecule has 1 aliphatic carbocycles. The lowest BCUT2D eigenvalue weighted by Gasteiger charge is -2.24. The van der Waals surface area contributed by atoms with Gasteiger partial charge in [-0.05, 0) is 30.9 Å². The predicted octanol–water partition coefficient (Wildman–Crippen LogP) is 4.23. The average molecular weight is 463 g/mol. The van der Waals surface area contributed by atoms with Crippen molar-refractivity contribution in [3.63, 3.8) is 0 Å². The molecule has 1 fully saturated rings. The van der Waals surface area contributed by atoms with Crippen LogP contribution in [0.1, 0.15) is 43.6 Å². The molecule has 11 heteroatoms. The number of carbonyl (C=O) groups excluding carboxylic acids is 1. The number of benzene rings is 1. The SMILES string of the molecule is C=C1NC(=O)N(c2cc(Cl)c(Oc3cc(C4CCCCC4)c(=O)[nH]n3)c(Cl)c2)N=C1N. The van der Waals surface area contributed by atoms with Crippen LogP contribution in [0.3, 0.4) is 0 Å². The first-order valence-corrected chi connectivity index (χ1v) is 10.5. The number of carbonyl (C=O) groups is 1. The number of aromatic nitrogens is 2. The number of nitrogens with two attached hydrogens (primary N) is 1. The Morgan fingerprint density at radius 2 is 1.81 bits per heavy atom. The van der Waals surface area contributed by atoms with Crippen LogP contribution in [0.2, 0.25) is 10.0 Å². The third kappa shape index (κ3) is 4.38. The van der Waals surface area contributed by atoms with E-state index in [0.717, 1.165) is 30.7 Å². The van der Waals surface area contributed by atoms with Crippen molar-refractivity contribution >= 4 is 40.8 Å². The fourth-order valence-electron chi connectivity index (χ4n) is 3.68. The fraction of sp³-hybridized carbons (Fsp3) is 0.300. The molecule has 31 heavy (non-hydrogen) atoms. The summed E-state index contributed by atoms with van der Waals surface area (Å²) in [6.45, 7) is 3.60. The van der Waals surface area contributed by atoms with E-state index in [1.165, 1.54) is 18.6 Å². The van der Waals surface area contributed by atoms with Crippen molar-refractivity contribution in [2.75, 3.05) is 5.01 Å². The van der Waals surface area contributed by atoms with Gasteiger partial charge in [0, 0.05) is 11.6 Å². The first-order chi connectivity index (χ1) is 14.8. The van der Waals surface area contributed by atoms with Gasteiger partial charge in [0.1, 0.15) is 0 Å². The third-order valence-electron chi connectivity index (χ3n) is 5.26. The summed E-state index contributed by atoms with van der Waals surface area (Å²) in [5.74, 6) is 0.540. The smallest absolute Gasteiger partial charge is 0.347 e. The molecule has 9 nitrogen and oxygen atoms in total. The third-order valence-corrected chi connectivity index (χ3v) is 5.82. The highest BCUT2D eigenvalue weighted by Gasteiger charge is 2.25. The van der Waals surface area contributed by atoms with E-state index in [-0.39, 0.29) is 50.4 Å². The number of ether oxygens (including phenoxy) is 1. The van der Waals surface area contributed by atoms with Gasteiger partial charge in [-0.25, -0.2) is 9.89 Å². The number of hydrogen-bond donors (Lipinski definition) is 3. The Labute approximate surface area is 187 Å². The first kappa shape index (κ1) is 21.2. The number of hydrogen-bond acceptors (Lipinski definition) is 6. The van der Waals surface area contributed by atoms with Gasteiger partial charge in [0.15, 0.2) is 11.6 Å². The van der Waals surface area contributed by atoms with E-state index in [1.54, 1.807) is 6.07 Å². The van der Waals surface area contributed by atoms with Gasteiger partial charge in [-0.3, -0.25) is 4.79 Å². The molecule has 0 atom stereocenters. The van der Waals surface area contributed by atoms with Crippen LogP contribution < -0.4 is 26.4 Å². The number of nitrogens with zero attached hydrogens (tertiary/aromatic N) is 3. The zero-order valence-electron chi connectivity index (χ0n) is 16.5. The molecule has 0 radical (unpaired) electrons. The largest absolute Gasteiger partial charge is 0.434 e. The number of anilines is 1. The Morgan fingerprint density at radius 1 is 1.13 bits per heavy atom. The van der Waals surface area contributed by atoms with Crippen LogP contribution in [-0.4, -0.2) is 22.1 Å². The minimum absolute atomic E-state index is 0.0554. The molecule has 1 aromatic carbocycles. The van der Waals surface area contributed by atoms with Gasteiger partial charge in [0.25, 0.3) is 5.56 Å². The molecular weight excluding hydrogens is 443 g/mol. The van der Waals surface area contributed by atoms with Crippen LogP contribution in [0.5, 0.6) is 11.6 Å². The lowest BCUT2D eigenvalue weighted by Crippen LogP contribution is -2.45. The molecule has 1 aliphatic heterocycles. The second-order valence-corrected chi connectivity index (χ2v) is 8.19. The zero-order chi connectivity index (χ0) is 22.1. The molecule has 0 saturated heterocycles. The van der Waals surface area contributed by atoms with E-state index in [9.17, 15) is 9.59 Å². The van der Waals surface area contributed by atoms with E-state index in [0.29, 0.717) is 5.56 Å². The number of urea groups is 1. The van der Waals surface area contributed by atoms with Crippen molar-refractivity contribution in [3.05, 3.63) is 56.4 Å². The van der Waals surface area contributed by atoms with Crippen molar-refractivity contribution in [2.45, 2.75) is 38.0 Å². The molecule has 2 amide bonds. The minimum Gasteiger partial charge on any atom is -0.434 e. The lowest BCUT2D eigenvalue weighted by molar-refractivity contribution is 0.248. The molecule has 4 N–H and O–H groups in total. The molecule has 1 aromatic heterocycles. The zero-order valence-corrected chi connectivity index (χ0v) is 18.0. The quantitative estimate of drug-likeness (QED) is 0.626. The van der Waals surface area contributed by atoms with E-state index in [4.69, 9.17) is 33.7 Å². The molecule has 2 heterocycles. The van der Waals surface area contributed by atoms with Gasteiger partial charge in [-0.1, -0.05) is 49.0 Å². The summed E-state index contributed by atoms with van der Waals surface area (Å²) in [7, 11) is 0. The van der Waals surface area contributed by atoms with Gasteiger partial charge in [-0.2, -0.15) is 5.01 Å². The van der Waals surface area contributed by atoms with E-state index in [1.807, 2.05) is 0 Å². The highest BCUT2D eigenvalue weighted by Crippen LogP contribution is 2.40. The second-order valence-electron chi connectivity index (χ2n) is 7.37. The summed E-state index contributed by atoms with van der Waals surface area (Å²) in [4.78, 5) is 24.5. The number of amides is 2. The summed E-state index contributed by atoms with van der Waals surface area (Å²) in [5, 5.41) is 14.2. The normalized spacial score (nSPS) is 17.4. The second kappa shape index (κ2) is 8.60. The van der Waals surface area contributed by atoms with Crippen LogP contribution in [0.25, 0.3) is 0 Å². The molecule has 2 aromatic rings. The van der Waals surface area contributed by atoms with Gasteiger partial charge < -0.3 is 15.8 Å².